The summed E-state index contributed by atoms with van der Waals surface area (Å²) in [5.74, 6) is 3.23. The minimum atomic E-state index is 0.540. The molecule has 1 fully saturated rings. The number of hydrogen-bond acceptors (Lipinski definition) is 5. The van der Waals surface area contributed by atoms with Crippen LogP contribution in [0.2, 0.25) is 0 Å². The van der Waals surface area contributed by atoms with Crippen LogP contribution in [0.5, 0.6) is 5.75 Å². The first-order valence-electron chi connectivity index (χ1n) is 11.9. The molecule has 34 heavy (non-hydrogen) atoms. The Morgan fingerprint density at radius 1 is 1.06 bits per heavy atom. The first kappa shape index (κ1) is 23.6. The number of aromatic nitrogens is 5. The van der Waals surface area contributed by atoms with Gasteiger partial charge in [0.25, 0.3) is 0 Å². The van der Waals surface area contributed by atoms with E-state index in [0.29, 0.717) is 23.6 Å². The zero-order chi connectivity index (χ0) is 24.1. The summed E-state index contributed by atoms with van der Waals surface area (Å²) < 4.78 is 5.06. The lowest BCUT2D eigenvalue weighted by Crippen LogP contribution is -2.00. The van der Waals surface area contributed by atoms with E-state index in [1.165, 1.54) is 34.4 Å². The summed E-state index contributed by atoms with van der Waals surface area (Å²) in [6, 6.07) is 18.8. The molecule has 2 aromatic carbocycles. The fourth-order valence-corrected chi connectivity index (χ4v) is 4.49. The van der Waals surface area contributed by atoms with Gasteiger partial charge >= 0.3 is 0 Å². The summed E-state index contributed by atoms with van der Waals surface area (Å²) >= 11 is 0. The number of benzene rings is 2. The molecule has 2 heterocycles. The van der Waals surface area contributed by atoms with Gasteiger partial charge in [-0.05, 0) is 77.3 Å². The van der Waals surface area contributed by atoms with Crippen molar-refractivity contribution in [3.05, 3.63) is 88.7 Å². The fraction of sp³-hybridized carbons (Fsp3) is 0.357. The lowest BCUT2D eigenvalue weighted by Gasteiger charge is -2.13. The van der Waals surface area contributed by atoms with Gasteiger partial charge in [0, 0.05) is 23.4 Å². The topological polar surface area (TPSA) is 76.6 Å². The molecule has 1 N–H and O–H groups in total. The zero-order valence-corrected chi connectivity index (χ0v) is 20.6. The van der Waals surface area contributed by atoms with Gasteiger partial charge in [0.05, 0.1) is 7.11 Å². The molecule has 0 bridgehead atoms. The number of H-pyrrole nitrogens is 1. The van der Waals surface area contributed by atoms with Gasteiger partial charge in [0.2, 0.25) is 5.82 Å². The second kappa shape index (κ2) is 10.6. The Hall–Kier alpha value is -3.54. The van der Waals surface area contributed by atoms with E-state index in [4.69, 9.17) is 4.74 Å². The Kier molecular flexibility index (Phi) is 7.36. The average Bonchev–Trinajstić information content (AvgIpc) is 3.47. The molecule has 6 heteroatoms. The number of rotatable bonds is 6. The quantitative estimate of drug-likeness (QED) is 0.373. The SMILES string of the molecule is CCc1cccc(OC)c1.Cc1c(C(C)C)ccnc1C1CC1c1ccc(-c2nn[nH]n2)cc1. The molecule has 6 nitrogen and oxygen atoms in total. The molecule has 1 aliphatic rings. The molecule has 2 aromatic heterocycles. The van der Waals surface area contributed by atoms with Crippen LogP contribution in [0.15, 0.2) is 60.8 Å². The Labute approximate surface area is 201 Å². The van der Waals surface area contributed by atoms with E-state index in [-0.39, 0.29) is 0 Å². The molecular weight excluding hydrogens is 422 g/mol. The summed E-state index contributed by atoms with van der Waals surface area (Å²) in [6.07, 6.45) is 4.21. The highest BCUT2D eigenvalue weighted by Crippen LogP contribution is 2.55. The Morgan fingerprint density at radius 3 is 2.50 bits per heavy atom. The molecule has 4 aromatic rings. The number of hydrogen-bond donors (Lipinski definition) is 1. The predicted octanol–water partition coefficient (Wildman–Crippen LogP) is 6.22. The van der Waals surface area contributed by atoms with Crippen molar-refractivity contribution in [2.24, 2.45) is 0 Å². The molecule has 0 spiro atoms. The van der Waals surface area contributed by atoms with Crippen molar-refractivity contribution in [2.75, 3.05) is 7.11 Å². The number of pyridine rings is 1. The van der Waals surface area contributed by atoms with Crippen molar-refractivity contribution in [3.8, 4) is 17.1 Å². The van der Waals surface area contributed by atoms with Gasteiger partial charge < -0.3 is 4.74 Å². The van der Waals surface area contributed by atoms with Gasteiger partial charge in [-0.3, -0.25) is 4.98 Å². The third-order valence-electron chi connectivity index (χ3n) is 6.53. The van der Waals surface area contributed by atoms with Crippen molar-refractivity contribution in [1.29, 1.82) is 0 Å². The van der Waals surface area contributed by atoms with Gasteiger partial charge in [0.1, 0.15) is 5.75 Å². The predicted molar refractivity (Wildman–Crippen MR) is 135 cm³/mol. The summed E-state index contributed by atoms with van der Waals surface area (Å²) in [5, 5.41) is 14.1. The maximum atomic E-state index is 5.06. The van der Waals surface area contributed by atoms with Crippen molar-refractivity contribution in [2.45, 2.75) is 58.3 Å². The van der Waals surface area contributed by atoms with Gasteiger partial charge in [-0.1, -0.05) is 57.2 Å². The molecule has 2 atom stereocenters. The molecule has 1 aliphatic carbocycles. The molecule has 0 radical (unpaired) electrons. The number of tetrazole rings is 1. The second-order valence-corrected chi connectivity index (χ2v) is 9.08. The van der Waals surface area contributed by atoms with E-state index in [1.54, 1.807) is 7.11 Å². The molecule has 1 saturated carbocycles. The second-order valence-electron chi connectivity index (χ2n) is 9.08. The molecule has 176 valence electrons. The van der Waals surface area contributed by atoms with Crippen LogP contribution in [0.25, 0.3) is 11.4 Å². The van der Waals surface area contributed by atoms with E-state index in [1.807, 2.05) is 18.3 Å². The monoisotopic (exact) mass is 455 g/mol. The average molecular weight is 456 g/mol. The van der Waals surface area contributed by atoms with Gasteiger partial charge in [-0.25, -0.2) is 0 Å². The number of ether oxygens (including phenoxy) is 1. The smallest absolute Gasteiger partial charge is 0.204 e. The third-order valence-corrected chi connectivity index (χ3v) is 6.53. The Balaban J connectivity index is 0.000000231. The lowest BCUT2D eigenvalue weighted by atomic mass is 9.95. The van der Waals surface area contributed by atoms with E-state index < -0.39 is 0 Å². The summed E-state index contributed by atoms with van der Waals surface area (Å²) in [5.41, 5.74) is 7.72. The van der Waals surface area contributed by atoms with Crippen LogP contribution in [-0.4, -0.2) is 32.7 Å². The van der Waals surface area contributed by atoms with Crippen LogP contribution in [0.1, 0.15) is 72.9 Å². The summed E-state index contributed by atoms with van der Waals surface area (Å²) in [4.78, 5) is 4.68. The van der Waals surface area contributed by atoms with Crippen LogP contribution in [0.4, 0.5) is 0 Å². The van der Waals surface area contributed by atoms with Gasteiger partial charge in [-0.15, -0.1) is 10.2 Å². The highest BCUT2D eigenvalue weighted by atomic mass is 16.5. The number of aromatic amines is 1. The third kappa shape index (κ3) is 5.33. The van der Waals surface area contributed by atoms with E-state index in [2.05, 4.69) is 95.8 Å². The van der Waals surface area contributed by atoms with Gasteiger partial charge in [-0.2, -0.15) is 5.21 Å². The molecule has 0 amide bonds. The summed E-state index contributed by atoms with van der Waals surface area (Å²) in [7, 11) is 1.69. The van der Waals surface area contributed by atoms with Crippen LogP contribution in [0.3, 0.4) is 0 Å². The van der Waals surface area contributed by atoms with E-state index in [9.17, 15) is 0 Å². The first-order chi connectivity index (χ1) is 16.5. The van der Waals surface area contributed by atoms with E-state index in [0.717, 1.165) is 17.7 Å². The normalized spacial score (nSPS) is 16.6. The standard InChI is InChI=1S/C19H21N5.C9H12O/c1-11(2)15-8-9-20-18(12(15)3)17-10-16(17)13-4-6-14(7-5-13)19-21-23-24-22-19;1-3-8-5-4-6-9(7-8)10-2/h4-9,11,16-17H,10H2,1-3H3,(H,21,22,23,24);4-7H,3H2,1-2H3. The maximum absolute atomic E-state index is 5.06. The molecule has 5 rings (SSSR count). The van der Waals surface area contributed by atoms with Crippen LogP contribution >= 0.6 is 0 Å². The Morgan fingerprint density at radius 2 is 1.85 bits per heavy atom. The number of methoxy groups -OCH3 is 1. The van der Waals surface area contributed by atoms with Crippen molar-refractivity contribution < 1.29 is 4.74 Å². The highest BCUT2D eigenvalue weighted by Gasteiger charge is 2.41. The molecule has 2 unspecified atom stereocenters. The van der Waals surface area contributed by atoms with Crippen molar-refractivity contribution in [1.82, 2.24) is 25.6 Å². The molecular formula is C28H33N5O. The zero-order valence-electron chi connectivity index (χ0n) is 20.6. The number of nitrogens with one attached hydrogen (secondary N) is 1. The Bertz CT molecular complexity index is 1180. The molecule has 0 aliphatic heterocycles. The lowest BCUT2D eigenvalue weighted by molar-refractivity contribution is 0.414. The largest absolute Gasteiger partial charge is 0.497 e. The minimum Gasteiger partial charge on any atom is -0.497 e. The fourth-order valence-electron chi connectivity index (χ4n) is 4.49. The van der Waals surface area contributed by atoms with Gasteiger partial charge in [0.15, 0.2) is 0 Å². The number of nitrogens with zero attached hydrogens (tertiary/aromatic N) is 4. The first-order valence-corrected chi connectivity index (χ1v) is 11.9. The van der Waals surface area contributed by atoms with Crippen molar-refractivity contribution >= 4 is 0 Å². The van der Waals surface area contributed by atoms with E-state index >= 15 is 0 Å². The minimum absolute atomic E-state index is 0.540. The van der Waals surface area contributed by atoms with Crippen LogP contribution in [0, 0.1) is 6.92 Å². The van der Waals surface area contributed by atoms with Crippen molar-refractivity contribution in [3.63, 3.8) is 0 Å². The van der Waals surface area contributed by atoms with Crippen LogP contribution in [-0.2, 0) is 6.42 Å². The summed E-state index contributed by atoms with van der Waals surface area (Å²) in [6.45, 7) is 8.83. The maximum Gasteiger partial charge on any atom is 0.204 e. The molecule has 0 saturated heterocycles. The highest BCUT2D eigenvalue weighted by molar-refractivity contribution is 5.55. The van der Waals surface area contributed by atoms with Crippen LogP contribution < -0.4 is 4.74 Å². The number of aryl methyl sites for hydroxylation is 1.